The van der Waals surface area contributed by atoms with Crippen molar-refractivity contribution in [3.8, 4) is 11.1 Å². The summed E-state index contributed by atoms with van der Waals surface area (Å²) in [5.74, 6) is -0.673. The predicted molar refractivity (Wildman–Crippen MR) is 133 cm³/mol. The summed E-state index contributed by atoms with van der Waals surface area (Å²) in [6.07, 6.45) is 1.04. The molecule has 3 atom stereocenters. The van der Waals surface area contributed by atoms with Crippen molar-refractivity contribution in [3.05, 3.63) is 59.7 Å². The summed E-state index contributed by atoms with van der Waals surface area (Å²) in [7, 11) is 0. The Balaban J connectivity index is 1.20. The third-order valence-electron chi connectivity index (χ3n) is 6.94. The molecule has 0 aromatic heterocycles. The van der Waals surface area contributed by atoms with E-state index < -0.39 is 12.1 Å². The Bertz CT molecular complexity index is 1040. The van der Waals surface area contributed by atoms with Crippen molar-refractivity contribution in [2.45, 2.75) is 39.0 Å². The number of hydrogen-bond acceptors (Lipinski definition) is 4. The summed E-state index contributed by atoms with van der Waals surface area (Å²) in [4.78, 5) is 35.9. The average Bonchev–Trinajstić information content (AvgIpc) is 3.54. The summed E-state index contributed by atoms with van der Waals surface area (Å²) in [6.45, 7) is 5.10. The number of carbonyl (C=O) groups is 3. The number of alkyl carbamates (subject to hydrolysis) is 1. The highest BCUT2D eigenvalue weighted by Gasteiger charge is 2.43. The Hall–Kier alpha value is -3.35. The van der Waals surface area contributed by atoms with Gasteiger partial charge in [0.2, 0.25) is 5.91 Å². The summed E-state index contributed by atoms with van der Waals surface area (Å²) >= 11 is 0. The van der Waals surface area contributed by atoms with Crippen LogP contribution in [0.4, 0.5) is 4.79 Å². The molecule has 2 aromatic carbocycles. The average molecular weight is 479 g/mol. The lowest BCUT2D eigenvalue weighted by molar-refractivity contribution is -0.138. The molecule has 7 heteroatoms. The zero-order valence-electron chi connectivity index (χ0n) is 20.3. The molecule has 35 heavy (non-hydrogen) atoms. The van der Waals surface area contributed by atoms with E-state index in [-0.39, 0.29) is 42.6 Å². The molecule has 0 bridgehead atoms. The molecule has 4 rings (SSSR count). The second-order valence-electron chi connectivity index (χ2n) is 10.1. The molecule has 0 saturated heterocycles. The molecule has 0 spiro atoms. The van der Waals surface area contributed by atoms with E-state index in [2.05, 4.69) is 34.9 Å². The number of hydrogen-bond donors (Lipinski definition) is 3. The number of amides is 2. The van der Waals surface area contributed by atoms with Gasteiger partial charge in [-0.15, -0.1) is 0 Å². The van der Waals surface area contributed by atoms with Gasteiger partial charge in [-0.25, -0.2) is 4.79 Å². The van der Waals surface area contributed by atoms with Crippen LogP contribution in [0.5, 0.6) is 0 Å². The van der Waals surface area contributed by atoms with Gasteiger partial charge in [-0.1, -0.05) is 62.4 Å². The molecule has 2 amide bonds. The van der Waals surface area contributed by atoms with Crippen LogP contribution < -0.4 is 10.6 Å². The first-order valence-electron chi connectivity index (χ1n) is 12.4. The van der Waals surface area contributed by atoms with Crippen molar-refractivity contribution in [1.29, 1.82) is 0 Å². The third kappa shape index (κ3) is 6.21. The minimum absolute atomic E-state index is 0.0113. The van der Waals surface area contributed by atoms with Gasteiger partial charge in [0.1, 0.15) is 6.61 Å². The molecule has 3 unspecified atom stereocenters. The highest BCUT2D eigenvalue weighted by molar-refractivity contribution is 5.82. The lowest BCUT2D eigenvalue weighted by Crippen LogP contribution is -2.33. The summed E-state index contributed by atoms with van der Waals surface area (Å²) < 4.78 is 5.56. The fourth-order valence-electron chi connectivity index (χ4n) is 5.19. The lowest BCUT2D eigenvalue weighted by atomic mass is 9.94. The number of benzene rings is 2. The Morgan fingerprint density at radius 3 is 2.23 bits per heavy atom. The van der Waals surface area contributed by atoms with E-state index in [9.17, 15) is 14.4 Å². The molecule has 2 aromatic rings. The van der Waals surface area contributed by atoms with Crippen LogP contribution >= 0.6 is 0 Å². The number of nitrogens with one attached hydrogen (secondary N) is 2. The van der Waals surface area contributed by atoms with E-state index in [1.165, 1.54) is 22.3 Å². The van der Waals surface area contributed by atoms with Gasteiger partial charge in [-0.2, -0.15) is 0 Å². The van der Waals surface area contributed by atoms with Crippen molar-refractivity contribution in [2.24, 2.45) is 23.7 Å². The molecule has 0 aliphatic heterocycles. The maximum Gasteiger partial charge on any atom is 0.407 e. The van der Waals surface area contributed by atoms with Crippen LogP contribution in [0.3, 0.4) is 0 Å². The Labute approximate surface area is 206 Å². The second-order valence-corrected chi connectivity index (χ2v) is 10.1. The minimum Gasteiger partial charge on any atom is -0.481 e. The Kier molecular flexibility index (Phi) is 7.73. The van der Waals surface area contributed by atoms with E-state index >= 15 is 0 Å². The largest absolute Gasteiger partial charge is 0.481 e. The summed E-state index contributed by atoms with van der Waals surface area (Å²) in [5, 5.41) is 14.8. The number of carboxylic acids is 1. The number of ether oxygens (including phenoxy) is 1. The van der Waals surface area contributed by atoms with Crippen molar-refractivity contribution in [1.82, 2.24) is 10.6 Å². The SMILES string of the molecule is CC(C)CC(CNC(=O)C1CC1CNC(=O)OCC1c2ccccc2-c2ccccc21)CC(=O)O. The van der Waals surface area contributed by atoms with Crippen molar-refractivity contribution in [2.75, 3.05) is 19.7 Å². The quantitative estimate of drug-likeness (QED) is 0.444. The first-order valence-corrected chi connectivity index (χ1v) is 12.4. The number of aliphatic carboxylic acids is 1. The van der Waals surface area contributed by atoms with E-state index in [0.717, 1.165) is 6.42 Å². The molecular formula is C28H34N2O5. The maximum atomic E-state index is 12.5. The van der Waals surface area contributed by atoms with Crippen LogP contribution in [-0.4, -0.2) is 42.8 Å². The fraction of sp³-hybridized carbons (Fsp3) is 0.464. The monoisotopic (exact) mass is 478 g/mol. The van der Waals surface area contributed by atoms with Crippen molar-refractivity contribution < 1.29 is 24.2 Å². The van der Waals surface area contributed by atoms with Crippen LogP contribution in [0.2, 0.25) is 0 Å². The molecule has 0 heterocycles. The highest BCUT2D eigenvalue weighted by atomic mass is 16.5. The van der Waals surface area contributed by atoms with Crippen molar-refractivity contribution in [3.63, 3.8) is 0 Å². The molecule has 1 fully saturated rings. The number of carboxylic acid groups (broad SMARTS) is 1. The van der Waals surface area contributed by atoms with Gasteiger partial charge in [0.05, 0.1) is 0 Å². The van der Waals surface area contributed by atoms with Gasteiger partial charge in [0.15, 0.2) is 0 Å². The number of rotatable bonds is 11. The summed E-state index contributed by atoms with van der Waals surface area (Å²) in [5.41, 5.74) is 4.70. The van der Waals surface area contributed by atoms with Gasteiger partial charge >= 0.3 is 12.1 Å². The Morgan fingerprint density at radius 1 is 1.00 bits per heavy atom. The molecule has 2 aliphatic carbocycles. The zero-order valence-corrected chi connectivity index (χ0v) is 20.3. The van der Waals surface area contributed by atoms with Gasteiger partial charge in [-0.05, 0) is 52.8 Å². The minimum atomic E-state index is -0.846. The predicted octanol–water partition coefficient (Wildman–Crippen LogP) is 4.41. The smallest absolute Gasteiger partial charge is 0.407 e. The van der Waals surface area contributed by atoms with Crippen LogP contribution in [0.25, 0.3) is 11.1 Å². The van der Waals surface area contributed by atoms with Crippen LogP contribution in [0, 0.1) is 23.7 Å². The topological polar surface area (TPSA) is 105 Å². The molecule has 3 N–H and O–H groups in total. The maximum absolute atomic E-state index is 12.5. The van der Waals surface area contributed by atoms with E-state index in [1.54, 1.807) is 0 Å². The molecule has 186 valence electrons. The fourth-order valence-corrected chi connectivity index (χ4v) is 5.19. The van der Waals surface area contributed by atoms with Crippen LogP contribution in [0.1, 0.15) is 50.2 Å². The summed E-state index contributed by atoms with van der Waals surface area (Å²) in [6, 6.07) is 16.4. The number of fused-ring (bicyclic) bond motifs is 3. The number of carbonyl (C=O) groups excluding carboxylic acids is 2. The molecule has 7 nitrogen and oxygen atoms in total. The third-order valence-corrected chi connectivity index (χ3v) is 6.94. The van der Waals surface area contributed by atoms with E-state index in [0.29, 0.717) is 25.4 Å². The Morgan fingerprint density at radius 2 is 1.63 bits per heavy atom. The first kappa shape index (κ1) is 24.8. The lowest BCUT2D eigenvalue weighted by Gasteiger charge is -2.18. The van der Waals surface area contributed by atoms with Gasteiger partial charge < -0.3 is 20.5 Å². The normalized spacial score (nSPS) is 18.9. The van der Waals surface area contributed by atoms with Gasteiger partial charge in [0.25, 0.3) is 0 Å². The molecule has 1 saturated carbocycles. The van der Waals surface area contributed by atoms with Gasteiger partial charge in [-0.3, -0.25) is 9.59 Å². The first-order chi connectivity index (χ1) is 16.8. The standard InChI is InChI=1S/C28H34N2O5/c1-17(2)11-18(12-26(31)32)14-29-27(33)24-13-19(24)15-30-28(34)35-16-25-22-9-5-3-7-20(22)21-8-4-6-10-23(21)25/h3-10,17-19,24-25H,11-16H2,1-2H3,(H,29,33)(H,30,34)(H,31,32). The van der Waals surface area contributed by atoms with Crippen LogP contribution in [-0.2, 0) is 14.3 Å². The van der Waals surface area contributed by atoms with E-state index in [1.807, 2.05) is 38.1 Å². The highest BCUT2D eigenvalue weighted by Crippen LogP contribution is 2.44. The zero-order chi connectivity index (χ0) is 24.9. The molecule has 2 aliphatic rings. The second kappa shape index (κ2) is 10.9. The van der Waals surface area contributed by atoms with Crippen molar-refractivity contribution >= 4 is 18.0 Å². The molecule has 0 radical (unpaired) electrons. The van der Waals surface area contributed by atoms with Crippen LogP contribution in [0.15, 0.2) is 48.5 Å². The van der Waals surface area contributed by atoms with Gasteiger partial charge in [0, 0.05) is 31.3 Å². The molecular weight excluding hydrogens is 444 g/mol. The van der Waals surface area contributed by atoms with E-state index in [4.69, 9.17) is 9.84 Å².